The van der Waals surface area contributed by atoms with E-state index in [2.05, 4.69) is 12.2 Å². The van der Waals surface area contributed by atoms with Gasteiger partial charge in [0.1, 0.15) is 0 Å². The third-order valence-electron chi connectivity index (χ3n) is 4.37. The van der Waals surface area contributed by atoms with Crippen molar-refractivity contribution in [3.63, 3.8) is 0 Å². The van der Waals surface area contributed by atoms with Gasteiger partial charge in [-0.1, -0.05) is 13.3 Å². The maximum Gasteiger partial charge on any atom is 0.229 e. The molecule has 0 spiro atoms. The van der Waals surface area contributed by atoms with E-state index in [1.54, 1.807) is 0 Å². The minimum absolute atomic E-state index is 0.00782. The molecular formula is C14H26N2O3. The van der Waals surface area contributed by atoms with Crippen molar-refractivity contribution in [2.24, 2.45) is 5.41 Å². The first-order valence-corrected chi connectivity index (χ1v) is 7.44. The molecule has 0 aromatic heterocycles. The number of nitrogens with zero attached hydrogens (tertiary/aromatic N) is 1. The normalized spacial score (nSPS) is 27.3. The fraction of sp³-hybridized carbons (Fsp3) is 0.929. The Morgan fingerprint density at radius 1 is 1.47 bits per heavy atom. The summed E-state index contributed by atoms with van der Waals surface area (Å²) in [5.74, 6) is 0.276. The van der Waals surface area contributed by atoms with E-state index in [0.29, 0.717) is 19.7 Å². The Morgan fingerprint density at radius 3 is 2.84 bits per heavy atom. The molecule has 0 saturated carbocycles. The monoisotopic (exact) mass is 270 g/mol. The Labute approximate surface area is 115 Å². The zero-order valence-electron chi connectivity index (χ0n) is 11.9. The summed E-state index contributed by atoms with van der Waals surface area (Å²) >= 11 is 0. The first-order chi connectivity index (χ1) is 9.22. The number of aliphatic hydroxyl groups excluding tert-OH is 1. The number of piperidine rings is 1. The van der Waals surface area contributed by atoms with Gasteiger partial charge < -0.3 is 20.1 Å². The summed E-state index contributed by atoms with van der Waals surface area (Å²) in [4.78, 5) is 14.8. The largest absolute Gasteiger partial charge is 0.394 e. The van der Waals surface area contributed by atoms with Crippen LogP contribution in [0.4, 0.5) is 0 Å². The first-order valence-electron chi connectivity index (χ1n) is 7.44. The van der Waals surface area contributed by atoms with E-state index < -0.39 is 0 Å². The first kappa shape index (κ1) is 14.8. The molecule has 1 atom stereocenters. The molecular weight excluding hydrogens is 244 g/mol. The molecule has 1 amide bonds. The van der Waals surface area contributed by atoms with Gasteiger partial charge in [-0.2, -0.15) is 0 Å². The summed E-state index contributed by atoms with van der Waals surface area (Å²) in [6.45, 7) is 5.73. The van der Waals surface area contributed by atoms with Gasteiger partial charge in [0.25, 0.3) is 0 Å². The van der Waals surface area contributed by atoms with Crippen molar-refractivity contribution < 1.29 is 14.6 Å². The lowest BCUT2D eigenvalue weighted by atomic mass is 9.74. The smallest absolute Gasteiger partial charge is 0.229 e. The summed E-state index contributed by atoms with van der Waals surface area (Å²) < 4.78 is 5.43. The standard InChI is InChI=1S/C14H26N2O3/c1-2-3-14(4-6-15-7-5-14)13(18)16-8-9-19-12(10-16)11-17/h12,15,17H,2-11H2,1H3. The van der Waals surface area contributed by atoms with Crippen molar-refractivity contribution in [2.75, 3.05) is 39.4 Å². The molecule has 1 unspecified atom stereocenters. The number of hydrogen-bond donors (Lipinski definition) is 2. The zero-order valence-corrected chi connectivity index (χ0v) is 11.9. The van der Waals surface area contributed by atoms with Crippen molar-refractivity contribution in [3.05, 3.63) is 0 Å². The Morgan fingerprint density at radius 2 is 2.21 bits per heavy atom. The lowest BCUT2D eigenvalue weighted by Crippen LogP contribution is -2.54. The number of aliphatic hydroxyl groups is 1. The minimum Gasteiger partial charge on any atom is -0.394 e. The number of hydrogen-bond acceptors (Lipinski definition) is 4. The van der Waals surface area contributed by atoms with Gasteiger partial charge in [-0.3, -0.25) is 4.79 Å². The van der Waals surface area contributed by atoms with E-state index in [1.165, 1.54) is 0 Å². The molecule has 2 N–H and O–H groups in total. The number of amides is 1. The number of nitrogens with one attached hydrogen (secondary N) is 1. The van der Waals surface area contributed by atoms with E-state index in [-0.39, 0.29) is 24.0 Å². The third kappa shape index (κ3) is 3.27. The van der Waals surface area contributed by atoms with Gasteiger partial charge in [0, 0.05) is 13.1 Å². The molecule has 2 heterocycles. The molecule has 19 heavy (non-hydrogen) atoms. The molecule has 2 fully saturated rings. The fourth-order valence-corrected chi connectivity index (χ4v) is 3.30. The van der Waals surface area contributed by atoms with Gasteiger partial charge in [-0.25, -0.2) is 0 Å². The van der Waals surface area contributed by atoms with E-state index in [4.69, 9.17) is 4.74 Å². The molecule has 2 rings (SSSR count). The Balaban J connectivity index is 2.05. The quantitative estimate of drug-likeness (QED) is 0.775. The zero-order chi connectivity index (χ0) is 13.7. The molecule has 5 heteroatoms. The summed E-state index contributed by atoms with van der Waals surface area (Å²) in [5, 5.41) is 12.5. The van der Waals surface area contributed by atoms with Gasteiger partial charge in [0.2, 0.25) is 5.91 Å². The van der Waals surface area contributed by atoms with Gasteiger partial charge >= 0.3 is 0 Å². The van der Waals surface area contributed by atoms with E-state index in [9.17, 15) is 9.90 Å². The molecule has 2 saturated heterocycles. The predicted octanol–water partition coefficient (Wildman–Crippen LogP) is 0.376. The molecule has 0 aliphatic carbocycles. The van der Waals surface area contributed by atoms with Crippen LogP contribution in [0.15, 0.2) is 0 Å². The molecule has 0 aromatic rings. The topological polar surface area (TPSA) is 61.8 Å². The maximum absolute atomic E-state index is 12.9. The van der Waals surface area contributed by atoms with Crippen LogP contribution in [0.25, 0.3) is 0 Å². The van der Waals surface area contributed by atoms with Crippen LogP contribution in [0.3, 0.4) is 0 Å². The van der Waals surface area contributed by atoms with Gasteiger partial charge in [-0.15, -0.1) is 0 Å². The van der Waals surface area contributed by atoms with E-state index in [1.807, 2.05) is 4.90 Å². The van der Waals surface area contributed by atoms with Crippen LogP contribution in [0, 0.1) is 5.41 Å². The van der Waals surface area contributed by atoms with Crippen LogP contribution in [0.2, 0.25) is 0 Å². The lowest BCUT2D eigenvalue weighted by Gasteiger charge is -2.42. The fourth-order valence-electron chi connectivity index (χ4n) is 3.30. The molecule has 5 nitrogen and oxygen atoms in total. The van der Waals surface area contributed by atoms with Crippen molar-refractivity contribution >= 4 is 5.91 Å². The molecule has 110 valence electrons. The van der Waals surface area contributed by atoms with Crippen molar-refractivity contribution in [1.29, 1.82) is 0 Å². The molecule has 0 aromatic carbocycles. The Bertz CT molecular complexity index is 298. The Hall–Kier alpha value is -0.650. The summed E-state index contributed by atoms with van der Waals surface area (Å²) in [6.07, 6.45) is 3.66. The minimum atomic E-state index is -0.210. The highest BCUT2D eigenvalue weighted by Crippen LogP contribution is 2.36. The summed E-state index contributed by atoms with van der Waals surface area (Å²) in [5.41, 5.74) is -0.183. The van der Waals surface area contributed by atoms with Crippen LogP contribution in [-0.2, 0) is 9.53 Å². The van der Waals surface area contributed by atoms with Crippen molar-refractivity contribution in [2.45, 2.75) is 38.7 Å². The van der Waals surface area contributed by atoms with Crippen LogP contribution in [0.5, 0.6) is 0 Å². The van der Waals surface area contributed by atoms with Crippen molar-refractivity contribution in [3.8, 4) is 0 Å². The number of ether oxygens (including phenoxy) is 1. The predicted molar refractivity (Wildman–Crippen MR) is 72.9 cm³/mol. The number of carbonyl (C=O) groups is 1. The molecule has 0 radical (unpaired) electrons. The highest BCUT2D eigenvalue weighted by atomic mass is 16.5. The van der Waals surface area contributed by atoms with Gasteiger partial charge in [0.15, 0.2) is 0 Å². The average molecular weight is 270 g/mol. The van der Waals surface area contributed by atoms with Crippen LogP contribution in [0.1, 0.15) is 32.6 Å². The van der Waals surface area contributed by atoms with Crippen molar-refractivity contribution in [1.82, 2.24) is 10.2 Å². The van der Waals surface area contributed by atoms with E-state index in [0.717, 1.165) is 38.8 Å². The van der Waals surface area contributed by atoms with Crippen LogP contribution in [-0.4, -0.2) is 61.4 Å². The second kappa shape index (κ2) is 6.68. The molecule has 2 aliphatic heterocycles. The van der Waals surface area contributed by atoms with Gasteiger partial charge in [-0.05, 0) is 32.4 Å². The second-order valence-electron chi connectivity index (χ2n) is 5.71. The van der Waals surface area contributed by atoms with Crippen LogP contribution >= 0.6 is 0 Å². The number of rotatable bonds is 4. The SMILES string of the molecule is CCCC1(C(=O)N2CCOC(CO)C2)CCNCC1. The highest BCUT2D eigenvalue weighted by Gasteiger charge is 2.42. The number of morpholine rings is 1. The van der Waals surface area contributed by atoms with Gasteiger partial charge in [0.05, 0.1) is 24.7 Å². The summed E-state index contributed by atoms with van der Waals surface area (Å²) in [6, 6.07) is 0. The van der Waals surface area contributed by atoms with Crippen LogP contribution < -0.4 is 5.32 Å². The second-order valence-corrected chi connectivity index (χ2v) is 5.71. The van der Waals surface area contributed by atoms with E-state index >= 15 is 0 Å². The number of carbonyl (C=O) groups excluding carboxylic acids is 1. The third-order valence-corrected chi connectivity index (χ3v) is 4.37. The summed E-state index contributed by atoms with van der Waals surface area (Å²) in [7, 11) is 0. The average Bonchev–Trinajstić information content (AvgIpc) is 2.48. The Kier molecular flexibility index (Phi) is 5.19. The lowest BCUT2D eigenvalue weighted by molar-refractivity contribution is -0.153. The molecule has 2 aliphatic rings. The molecule has 0 bridgehead atoms. The highest BCUT2D eigenvalue weighted by molar-refractivity contribution is 5.83. The maximum atomic E-state index is 12.9.